The first-order chi connectivity index (χ1) is 8.54. The van der Waals surface area contributed by atoms with E-state index in [4.69, 9.17) is 10.00 Å². The Morgan fingerprint density at radius 2 is 2.28 bits per heavy atom. The van der Waals surface area contributed by atoms with E-state index in [1.165, 1.54) is 12.1 Å². The van der Waals surface area contributed by atoms with Crippen molar-refractivity contribution in [3.63, 3.8) is 0 Å². The maximum Gasteiger partial charge on any atom is 0.238 e. The molecule has 0 aliphatic heterocycles. The molecular weight excluding hydrogens is 235 g/mol. The van der Waals surface area contributed by atoms with Gasteiger partial charge in [0, 0.05) is 0 Å². The van der Waals surface area contributed by atoms with E-state index in [-0.39, 0.29) is 23.8 Å². The number of hydrogen-bond donors (Lipinski definition) is 1. The zero-order chi connectivity index (χ0) is 13.5. The summed E-state index contributed by atoms with van der Waals surface area (Å²) in [7, 11) is 0. The molecule has 0 aliphatic rings. The summed E-state index contributed by atoms with van der Waals surface area (Å²) in [6, 6.07) is 6.01. The monoisotopic (exact) mass is 250 g/mol. The van der Waals surface area contributed by atoms with Gasteiger partial charge in [0.15, 0.2) is 5.82 Å². The van der Waals surface area contributed by atoms with Gasteiger partial charge >= 0.3 is 0 Å². The zero-order valence-corrected chi connectivity index (χ0v) is 10.4. The van der Waals surface area contributed by atoms with Crippen LogP contribution in [0.25, 0.3) is 0 Å². The molecule has 96 valence electrons. The van der Waals surface area contributed by atoms with Gasteiger partial charge in [0.25, 0.3) is 0 Å². The van der Waals surface area contributed by atoms with Crippen LogP contribution in [0, 0.1) is 23.1 Å². The number of para-hydroxylation sites is 1. The van der Waals surface area contributed by atoms with Crippen molar-refractivity contribution in [1.82, 2.24) is 0 Å². The van der Waals surface area contributed by atoms with Crippen LogP contribution in [-0.4, -0.2) is 12.5 Å². The van der Waals surface area contributed by atoms with Gasteiger partial charge in [-0.05, 0) is 18.1 Å². The molecule has 4 nitrogen and oxygen atoms in total. The number of ether oxygens (including phenoxy) is 1. The summed E-state index contributed by atoms with van der Waals surface area (Å²) in [5, 5.41) is 10.7. The summed E-state index contributed by atoms with van der Waals surface area (Å²) < 4.78 is 19.0. The quantitative estimate of drug-likeness (QED) is 0.873. The molecule has 0 spiro atoms. The molecule has 1 aromatic rings. The first-order valence-electron chi connectivity index (χ1n) is 5.62. The highest BCUT2D eigenvalue weighted by Gasteiger charge is 2.13. The molecule has 1 rings (SSSR count). The molecule has 0 radical (unpaired) electrons. The average Bonchev–Trinajstić information content (AvgIpc) is 2.30. The van der Waals surface area contributed by atoms with Crippen LogP contribution in [0.1, 0.15) is 20.3 Å². The number of halogens is 1. The molecule has 0 heterocycles. The Bertz CT molecular complexity index is 467. The van der Waals surface area contributed by atoms with Crippen LogP contribution in [0.2, 0.25) is 0 Å². The minimum atomic E-state index is -0.581. The summed E-state index contributed by atoms with van der Waals surface area (Å²) in [5.41, 5.74) is -0.0154. The van der Waals surface area contributed by atoms with Crippen LogP contribution >= 0.6 is 0 Å². The molecule has 18 heavy (non-hydrogen) atoms. The number of benzene rings is 1. The van der Waals surface area contributed by atoms with Crippen molar-refractivity contribution in [3.8, 4) is 11.8 Å². The largest absolute Gasteiger partial charge is 0.491 e. The summed E-state index contributed by atoms with van der Waals surface area (Å²) in [5.74, 6) is -0.578. The third-order valence-electron chi connectivity index (χ3n) is 2.05. The van der Waals surface area contributed by atoms with Gasteiger partial charge in [-0.1, -0.05) is 19.9 Å². The van der Waals surface area contributed by atoms with Gasteiger partial charge in [0.2, 0.25) is 5.91 Å². The van der Waals surface area contributed by atoms with E-state index < -0.39 is 11.7 Å². The van der Waals surface area contributed by atoms with Crippen LogP contribution in [0.5, 0.6) is 5.75 Å². The number of carbonyl (C=O) groups excluding carboxylic acids is 1. The highest BCUT2D eigenvalue weighted by atomic mass is 19.1. The molecule has 0 saturated heterocycles. The molecule has 0 unspecified atom stereocenters. The van der Waals surface area contributed by atoms with Crippen molar-refractivity contribution in [2.45, 2.75) is 20.3 Å². The molecular formula is C13H15FN2O2. The minimum absolute atomic E-state index is 0.0154. The Hall–Kier alpha value is -2.09. The second-order valence-corrected chi connectivity index (χ2v) is 4.20. The molecule has 0 fully saturated rings. The zero-order valence-electron chi connectivity index (χ0n) is 10.4. The third kappa shape index (κ3) is 4.06. The predicted octanol–water partition coefficient (Wildman–Crippen LogP) is 2.71. The van der Waals surface area contributed by atoms with Crippen LogP contribution in [-0.2, 0) is 4.79 Å². The molecule has 0 atom stereocenters. The van der Waals surface area contributed by atoms with E-state index >= 15 is 0 Å². The van der Waals surface area contributed by atoms with Gasteiger partial charge in [-0.15, -0.1) is 0 Å². The maximum absolute atomic E-state index is 13.6. The number of rotatable bonds is 5. The van der Waals surface area contributed by atoms with Crippen molar-refractivity contribution in [2.75, 3.05) is 11.9 Å². The normalized spacial score (nSPS) is 9.94. The Morgan fingerprint density at radius 3 is 2.89 bits per heavy atom. The molecule has 0 saturated carbocycles. The number of nitriles is 1. The van der Waals surface area contributed by atoms with E-state index in [0.29, 0.717) is 6.61 Å². The van der Waals surface area contributed by atoms with Gasteiger partial charge in [0.05, 0.1) is 12.7 Å². The van der Waals surface area contributed by atoms with E-state index in [2.05, 4.69) is 5.32 Å². The van der Waals surface area contributed by atoms with Crippen molar-refractivity contribution < 1.29 is 13.9 Å². The van der Waals surface area contributed by atoms with Crippen molar-refractivity contribution in [3.05, 3.63) is 24.0 Å². The van der Waals surface area contributed by atoms with Gasteiger partial charge in [-0.2, -0.15) is 5.26 Å². The summed E-state index contributed by atoms with van der Waals surface area (Å²) >= 11 is 0. The number of anilines is 1. The highest BCUT2D eigenvalue weighted by molar-refractivity contribution is 5.93. The lowest BCUT2D eigenvalue weighted by Gasteiger charge is -2.14. The first kappa shape index (κ1) is 14.0. The maximum atomic E-state index is 13.6. The molecule has 5 heteroatoms. The summed E-state index contributed by atoms with van der Waals surface area (Å²) in [6.45, 7) is 4.35. The van der Waals surface area contributed by atoms with Gasteiger partial charge in [0.1, 0.15) is 17.9 Å². The van der Waals surface area contributed by atoms with Crippen LogP contribution in [0.4, 0.5) is 10.1 Å². The fraction of sp³-hybridized carbons (Fsp3) is 0.385. The lowest BCUT2D eigenvalue weighted by atomic mass is 10.2. The number of carbonyl (C=O) groups is 1. The van der Waals surface area contributed by atoms with Gasteiger partial charge in [-0.3, -0.25) is 4.79 Å². The van der Waals surface area contributed by atoms with Crippen LogP contribution in [0.15, 0.2) is 18.2 Å². The molecule has 1 N–H and O–H groups in total. The van der Waals surface area contributed by atoms with Gasteiger partial charge < -0.3 is 10.1 Å². The smallest absolute Gasteiger partial charge is 0.238 e. The Labute approximate surface area is 105 Å². The van der Waals surface area contributed by atoms with Crippen LogP contribution < -0.4 is 10.1 Å². The van der Waals surface area contributed by atoms with Crippen molar-refractivity contribution in [2.24, 2.45) is 5.92 Å². The van der Waals surface area contributed by atoms with E-state index in [1.54, 1.807) is 12.1 Å². The average molecular weight is 250 g/mol. The van der Waals surface area contributed by atoms with Crippen molar-refractivity contribution >= 4 is 11.6 Å². The van der Waals surface area contributed by atoms with Gasteiger partial charge in [-0.25, -0.2) is 4.39 Å². The fourth-order valence-electron chi connectivity index (χ4n) is 1.26. The molecule has 1 amide bonds. The predicted molar refractivity (Wildman–Crippen MR) is 65.6 cm³/mol. The molecule has 0 aromatic heterocycles. The number of amides is 1. The van der Waals surface area contributed by atoms with E-state index in [9.17, 15) is 9.18 Å². The lowest BCUT2D eigenvalue weighted by Crippen LogP contribution is -2.14. The number of hydrogen-bond acceptors (Lipinski definition) is 3. The summed E-state index contributed by atoms with van der Waals surface area (Å²) in [4.78, 5) is 11.3. The summed E-state index contributed by atoms with van der Waals surface area (Å²) in [6.07, 6.45) is -0.321. The third-order valence-corrected chi connectivity index (χ3v) is 2.05. The molecule has 0 aliphatic carbocycles. The highest BCUT2D eigenvalue weighted by Crippen LogP contribution is 2.27. The van der Waals surface area contributed by atoms with Crippen LogP contribution in [0.3, 0.4) is 0 Å². The molecule has 1 aromatic carbocycles. The lowest BCUT2D eigenvalue weighted by molar-refractivity contribution is -0.115. The minimum Gasteiger partial charge on any atom is -0.491 e. The Kier molecular flexibility index (Phi) is 5.12. The number of nitrogens with zero attached hydrogens (tertiary/aromatic N) is 1. The molecule has 0 bridgehead atoms. The SMILES string of the molecule is CC(C)COc1cccc(F)c1NC(=O)CC#N. The number of nitrogens with one attached hydrogen (secondary N) is 1. The topological polar surface area (TPSA) is 62.1 Å². The van der Waals surface area contributed by atoms with Crippen molar-refractivity contribution in [1.29, 1.82) is 5.26 Å². The second-order valence-electron chi connectivity index (χ2n) is 4.20. The second kappa shape index (κ2) is 6.60. The fourth-order valence-corrected chi connectivity index (χ4v) is 1.26. The Morgan fingerprint density at radius 1 is 1.56 bits per heavy atom. The van der Waals surface area contributed by atoms with E-state index in [1.807, 2.05) is 13.8 Å². The van der Waals surface area contributed by atoms with E-state index in [0.717, 1.165) is 0 Å². The standard InChI is InChI=1S/C13H15FN2O2/c1-9(2)8-18-11-5-3-4-10(14)13(11)16-12(17)6-7-15/h3-5,9H,6,8H2,1-2H3,(H,16,17). The Balaban J connectivity index is 2.87. The first-order valence-corrected chi connectivity index (χ1v) is 5.62.